The van der Waals surface area contributed by atoms with E-state index in [9.17, 15) is 18.0 Å². The lowest BCUT2D eigenvalue weighted by atomic mass is 10.1. The van der Waals surface area contributed by atoms with Crippen molar-refractivity contribution in [2.45, 2.75) is 30.6 Å². The molecule has 1 N–H and O–H groups in total. The number of nitrogens with one attached hydrogen (secondary N) is 1. The van der Waals surface area contributed by atoms with E-state index >= 15 is 0 Å². The van der Waals surface area contributed by atoms with Crippen LogP contribution in [0, 0.1) is 6.92 Å². The maximum atomic E-state index is 12.9. The van der Waals surface area contributed by atoms with Crippen molar-refractivity contribution in [1.82, 2.24) is 25.1 Å². The van der Waals surface area contributed by atoms with Crippen molar-refractivity contribution in [3.8, 4) is 17.3 Å². The standard InChI is InChI=1S/C26H19ClF3N5O2S2/c1-15-7-8-18(27)11-20(15)35-23(21-6-3-9-37-21)33-34-25(35)39-14-22-32-19(13-38-22)24(36)31-12-16-4-2-5-17(10-16)26(28,29)30/h2-11,13H,12,14H2,1H3,(H,31,36). The van der Waals surface area contributed by atoms with Gasteiger partial charge in [0.2, 0.25) is 5.82 Å². The van der Waals surface area contributed by atoms with Gasteiger partial charge < -0.3 is 9.73 Å². The third-order valence-electron chi connectivity index (χ3n) is 5.60. The fraction of sp³-hybridized carbons (Fsp3) is 0.154. The Kier molecular flexibility index (Phi) is 7.78. The molecular formula is C26H19ClF3N5O2S2. The molecule has 3 heterocycles. The number of alkyl halides is 3. The van der Waals surface area contributed by atoms with Crippen molar-refractivity contribution in [3.63, 3.8) is 0 Å². The zero-order chi connectivity index (χ0) is 27.6. The summed E-state index contributed by atoms with van der Waals surface area (Å²) in [6.45, 7) is 1.90. The average molecular weight is 590 g/mol. The quantitative estimate of drug-likeness (QED) is 0.193. The van der Waals surface area contributed by atoms with Gasteiger partial charge in [-0.3, -0.25) is 9.36 Å². The summed E-state index contributed by atoms with van der Waals surface area (Å²) in [6, 6.07) is 13.9. The molecule has 0 aliphatic rings. The van der Waals surface area contributed by atoms with Gasteiger partial charge in [0, 0.05) is 16.9 Å². The Morgan fingerprint density at radius 2 is 2.00 bits per heavy atom. The highest BCUT2D eigenvalue weighted by Crippen LogP contribution is 2.33. The van der Waals surface area contributed by atoms with E-state index in [-0.39, 0.29) is 12.2 Å². The van der Waals surface area contributed by atoms with Crippen LogP contribution >= 0.6 is 34.7 Å². The van der Waals surface area contributed by atoms with Crippen LogP contribution in [0.15, 0.2) is 75.8 Å². The first-order valence-electron chi connectivity index (χ1n) is 11.5. The molecule has 0 fully saturated rings. The predicted molar refractivity (Wildman–Crippen MR) is 143 cm³/mol. The SMILES string of the molecule is Cc1ccc(Cl)cc1-n1c(SCc2nc(C(=O)NCc3cccc(C(F)(F)F)c3)cs2)nnc1-c1ccco1. The molecule has 0 bridgehead atoms. The predicted octanol–water partition coefficient (Wildman–Crippen LogP) is 7.19. The molecule has 2 aromatic carbocycles. The van der Waals surface area contributed by atoms with E-state index < -0.39 is 17.6 Å². The second kappa shape index (κ2) is 11.2. The number of aryl methyl sites for hydroxylation is 1. The van der Waals surface area contributed by atoms with Crippen LogP contribution < -0.4 is 5.32 Å². The minimum Gasteiger partial charge on any atom is -0.461 e. The smallest absolute Gasteiger partial charge is 0.416 e. The van der Waals surface area contributed by atoms with Gasteiger partial charge in [0.05, 0.1) is 23.3 Å². The van der Waals surface area contributed by atoms with E-state index in [0.717, 1.165) is 23.4 Å². The number of furan rings is 1. The first-order chi connectivity index (χ1) is 18.7. The van der Waals surface area contributed by atoms with Crippen molar-refractivity contribution in [3.05, 3.63) is 98.7 Å². The molecule has 0 spiro atoms. The lowest BCUT2D eigenvalue weighted by molar-refractivity contribution is -0.137. The number of hydrogen-bond acceptors (Lipinski definition) is 7. The summed E-state index contributed by atoms with van der Waals surface area (Å²) in [7, 11) is 0. The minimum absolute atomic E-state index is 0.0536. The lowest BCUT2D eigenvalue weighted by Gasteiger charge is -2.12. The molecule has 39 heavy (non-hydrogen) atoms. The Morgan fingerprint density at radius 1 is 1.15 bits per heavy atom. The van der Waals surface area contributed by atoms with Gasteiger partial charge in [-0.15, -0.1) is 21.5 Å². The first-order valence-corrected chi connectivity index (χ1v) is 13.7. The first kappa shape index (κ1) is 27.0. The largest absolute Gasteiger partial charge is 0.461 e. The molecule has 0 unspecified atom stereocenters. The number of aromatic nitrogens is 4. The van der Waals surface area contributed by atoms with Crippen LogP contribution in [0.25, 0.3) is 17.3 Å². The number of amides is 1. The van der Waals surface area contributed by atoms with Crippen molar-refractivity contribution >= 4 is 40.6 Å². The molecule has 0 saturated carbocycles. The monoisotopic (exact) mass is 589 g/mol. The molecule has 0 atom stereocenters. The third kappa shape index (κ3) is 6.18. The molecule has 200 valence electrons. The number of halogens is 4. The molecular weight excluding hydrogens is 571 g/mol. The van der Waals surface area contributed by atoms with Crippen LogP contribution in [-0.4, -0.2) is 25.7 Å². The number of carbonyl (C=O) groups excluding carboxylic acids is 1. The van der Waals surface area contributed by atoms with E-state index in [4.69, 9.17) is 16.0 Å². The highest BCUT2D eigenvalue weighted by atomic mass is 35.5. The van der Waals surface area contributed by atoms with Crippen LogP contribution in [0.4, 0.5) is 13.2 Å². The number of carbonyl (C=O) groups is 1. The fourth-order valence-corrected chi connectivity index (χ4v) is 5.61. The van der Waals surface area contributed by atoms with Crippen molar-refractivity contribution in [2.75, 3.05) is 0 Å². The highest BCUT2D eigenvalue weighted by Gasteiger charge is 2.30. The Labute approximate surface area is 234 Å². The third-order valence-corrected chi connectivity index (χ3v) is 7.81. The van der Waals surface area contributed by atoms with Crippen molar-refractivity contribution < 1.29 is 22.4 Å². The van der Waals surface area contributed by atoms with E-state index in [2.05, 4.69) is 20.5 Å². The number of thioether (sulfide) groups is 1. The normalized spacial score (nSPS) is 11.6. The molecule has 5 rings (SSSR count). The van der Waals surface area contributed by atoms with E-state index in [1.54, 1.807) is 29.8 Å². The topological polar surface area (TPSA) is 85.8 Å². The summed E-state index contributed by atoms with van der Waals surface area (Å²) in [5.41, 5.74) is 1.52. The minimum atomic E-state index is -4.45. The van der Waals surface area contributed by atoms with Crippen LogP contribution in [0.5, 0.6) is 0 Å². The second-order valence-electron chi connectivity index (χ2n) is 8.35. The molecule has 0 radical (unpaired) electrons. The molecule has 0 aliphatic carbocycles. The summed E-state index contributed by atoms with van der Waals surface area (Å²) in [6.07, 6.45) is -2.89. The maximum Gasteiger partial charge on any atom is 0.416 e. The van der Waals surface area contributed by atoms with Crippen molar-refractivity contribution in [2.24, 2.45) is 0 Å². The summed E-state index contributed by atoms with van der Waals surface area (Å²) < 4.78 is 46.3. The van der Waals surface area contributed by atoms with Gasteiger partial charge in [-0.1, -0.05) is 41.6 Å². The molecule has 13 heteroatoms. The van der Waals surface area contributed by atoms with Gasteiger partial charge in [-0.25, -0.2) is 4.98 Å². The Hall–Kier alpha value is -3.61. The fourth-order valence-electron chi connectivity index (χ4n) is 3.71. The molecule has 7 nitrogen and oxygen atoms in total. The van der Waals surface area contributed by atoms with E-state index in [1.807, 2.05) is 23.6 Å². The maximum absolute atomic E-state index is 12.9. The highest BCUT2D eigenvalue weighted by molar-refractivity contribution is 7.98. The van der Waals surface area contributed by atoms with Crippen LogP contribution in [-0.2, 0) is 18.5 Å². The van der Waals surface area contributed by atoms with Crippen LogP contribution in [0.1, 0.15) is 32.2 Å². The number of thiazole rings is 1. The number of benzene rings is 2. The Bertz CT molecular complexity index is 1620. The van der Waals surface area contributed by atoms with Gasteiger partial charge in [0.15, 0.2) is 10.9 Å². The van der Waals surface area contributed by atoms with Gasteiger partial charge in [-0.2, -0.15) is 13.2 Å². The molecule has 0 saturated heterocycles. The molecule has 3 aromatic heterocycles. The summed E-state index contributed by atoms with van der Waals surface area (Å²) in [4.78, 5) is 17.0. The number of nitrogens with zero attached hydrogens (tertiary/aromatic N) is 4. The second-order valence-corrected chi connectivity index (χ2v) is 10.7. The van der Waals surface area contributed by atoms with Gasteiger partial charge in [0.25, 0.3) is 5.91 Å². The van der Waals surface area contributed by atoms with Gasteiger partial charge >= 0.3 is 6.18 Å². The van der Waals surface area contributed by atoms with Gasteiger partial charge in [0.1, 0.15) is 10.7 Å². The van der Waals surface area contributed by atoms with E-state index in [0.29, 0.717) is 38.1 Å². The zero-order valence-electron chi connectivity index (χ0n) is 20.2. The summed E-state index contributed by atoms with van der Waals surface area (Å²) >= 11 is 8.96. The van der Waals surface area contributed by atoms with Gasteiger partial charge in [-0.05, 0) is 54.4 Å². The number of hydrogen-bond donors (Lipinski definition) is 1. The Balaban J connectivity index is 1.29. The van der Waals surface area contributed by atoms with Crippen LogP contribution in [0.2, 0.25) is 5.02 Å². The van der Waals surface area contributed by atoms with E-state index in [1.165, 1.54) is 35.2 Å². The Morgan fingerprint density at radius 3 is 2.77 bits per heavy atom. The van der Waals surface area contributed by atoms with Crippen molar-refractivity contribution in [1.29, 1.82) is 0 Å². The molecule has 5 aromatic rings. The summed E-state index contributed by atoms with van der Waals surface area (Å²) in [5.74, 6) is 0.990. The average Bonchev–Trinajstić information content (AvgIpc) is 3.68. The van der Waals surface area contributed by atoms with Crippen LogP contribution in [0.3, 0.4) is 0 Å². The molecule has 1 amide bonds. The lowest BCUT2D eigenvalue weighted by Crippen LogP contribution is -2.23. The summed E-state index contributed by atoms with van der Waals surface area (Å²) in [5, 5.41) is 14.7. The molecule has 0 aliphatic heterocycles. The number of rotatable bonds is 8. The zero-order valence-corrected chi connectivity index (χ0v) is 22.6.